The molecule has 0 saturated carbocycles. The Morgan fingerprint density at radius 3 is 2.53 bits per heavy atom. The normalized spacial score (nSPS) is 16.9. The predicted molar refractivity (Wildman–Crippen MR) is 120 cm³/mol. The number of carboxylic acids is 1. The summed E-state index contributed by atoms with van der Waals surface area (Å²) in [6.45, 7) is 2.88. The largest absolute Gasteiger partial charge is 0.482 e. The van der Waals surface area contributed by atoms with Gasteiger partial charge in [0.15, 0.2) is 6.61 Å². The van der Waals surface area contributed by atoms with Gasteiger partial charge in [-0.2, -0.15) is 17.5 Å². The first-order valence-corrected chi connectivity index (χ1v) is 12.4. The van der Waals surface area contributed by atoms with E-state index in [0.717, 1.165) is 22.4 Å². The van der Waals surface area contributed by atoms with Gasteiger partial charge in [-0.25, -0.2) is 13.2 Å². The maximum Gasteiger partial charge on any atom is 0.416 e. The zero-order chi connectivity index (χ0) is 25.3. The number of nitrogens with zero attached hydrogens (tertiary/aromatic N) is 1. The fourth-order valence-electron chi connectivity index (χ4n) is 4.21. The third kappa shape index (κ3) is 5.55. The number of rotatable bonds is 7. The Balaban J connectivity index is 2.06. The molecule has 1 N–H and O–H groups in total. The fraction of sp³-hybridized carbons (Fsp3) is 0.458. The molecule has 10 heteroatoms. The minimum absolute atomic E-state index is 0.285. The van der Waals surface area contributed by atoms with Gasteiger partial charge in [0.1, 0.15) is 5.75 Å². The number of alkyl halides is 3. The van der Waals surface area contributed by atoms with Gasteiger partial charge < -0.3 is 9.84 Å². The molecule has 0 spiro atoms. The maximum atomic E-state index is 13.6. The van der Waals surface area contributed by atoms with Gasteiger partial charge in [0.05, 0.1) is 16.5 Å². The Hall–Kier alpha value is -2.59. The number of fused-ring (bicyclic) bond motifs is 1. The van der Waals surface area contributed by atoms with Crippen LogP contribution in [0.4, 0.5) is 13.2 Å². The zero-order valence-electron chi connectivity index (χ0n) is 19.2. The van der Waals surface area contributed by atoms with Crippen molar-refractivity contribution in [2.45, 2.75) is 62.6 Å². The smallest absolute Gasteiger partial charge is 0.416 e. The van der Waals surface area contributed by atoms with Crippen molar-refractivity contribution < 1.29 is 36.2 Å². The van der Waals surface area contributed by atoms with Gasteiger partial charge in [0.2, 0.25) is 10.0 Å². The zero-order valence-corrected chi connectivity index (χ0v) is 20.0. The first-order chi connectivity index (χ1) is 15.8. The molecule has 0 aliphatic heterocycles. The van der Waals surface area contributed by atoms with Crippen molar-refractivity contribution in [2.75, 3.05) is 13.7 Å². The molecule has 0 saturated heterocycles. The van der Waals surface area contributed by atoms with Crippen LogP contribution in [0.25, 0.3) is 0 Å². The van der Waals surface area contributed by atoms with E-state index in [1.165, 1.54) is 13.1 Å². The second-order valence-corrected chi connectivity index (χ2v) is 10.7. The quantitative estimate of drug-likeness (QED) is 0.517. The van der Waals surface area contributed by atoms with Crippen LogP contribution in [0.15, 0.2) is 41.3 Å². The van der Waals surface area contributed by atoms with Crippen molar-refractivity contribution in [3.63, 3.8) is 0 Å². The van der Waals surface area contributed by atoms with Crippen molar-refractivity contribution in [1.29, 1.82) is 0 Å². The minimum Gasteiger partial charge on any atom is -0.482 e. The summed E-state index contributed by atoms with van der Waals surface area (Å²) in [6, 6.07) is 7.40. The number of hydrogen-bond donors (Lipinski definition) is 1. The molecule has 0 amide bonds. The Morgan fingerprint density at radius 1 is 1.21 bits per heavy atom. The highest BCUT2D eigenvalue weighted by atomic mass is 32.2. The number of sulfonamides is 1. The molecule has 1 aliphatic rings. The molecule has 186 valence electrons. The molecule has 0 fully saturated rings. The van der Waals surface area contributed by atoms with Crippen molar-refractivity contribution in [1.82, 2.24) is 4.31 Å². The molecule has 0 aromatic heterocycles. The van der Waals surface area contributed by atoms with Crippen molar-refractivity contribution in [2.24, 2.45) is 0 Å². The van der Waals surface area contributed by atoms with Crippen molar-refractivity contribution >= 4 is 16.0 Å². The number of carbonyl (C=O) groups is 1. The van der Waals surface area contributed by atoms with E-state index in [-0.39, 0.29) is 11.5 Å². The summed E-state index contributed by atoms with van der Waals surface area (Å²) in [4.78, 5) is 10.5. The molecule has 3 rings (SSSR count). The molecule has 34 heavy (non-hydrogen) atoms. The van der Waals surface area contributed by atoms with Crippen LogP contribution in [0, 0.1) is 0 Å². The molecule has 1 aliphatic carbocycles. The number of ether oxygens (including phenoxy) is 1. The molecule has 2 aromatic carbocycles. The summed E-state index contributed by atoms with van der Waals surface area (Å²) in [6.07, 6.45) is -2.19. The summed E-state index contributed by atoms with van der Waals surface area (Å²) in [5, 5.41) is 8.96. The van der Waals surface area contributed by atoms with E-state index in [1.54, 1.807) is 32.0 Å². The monoisotopic (exact) mass is 499 g/mol. The van der Waals surface area contributed by atoms with Crippen LogP contribution in [0.3, 0.4) is 0 Å². The minimum atomic E-state index is -4.68. The van der Waals surface area contributed by atoms with Crippen molar-refractivity contribution in [3.8, 4) is 5.75 Å². The molecular weight excluding hydrogens is 471 g/mol. The van der Waals surface area contributed by atoms with Gasteiger partial charge in [-0.1, -0.05) is 32.4 Å². The van der Waals surface area contributed by atoms with Crippen LogP contribution in [-0.2, 0) is 27.4 Å². The number of aliphatic carboxylic acids is 1. The van der Waals surface area contributed by atoms with Gasteiger partial charge in [-0.3, -0.25) is 0 Å². The average molecular weight is 500 g/mol. The second kappa shape index (κ2) is 9.95. The number of benzene rings is 2. The number of halogens is 3. The Bertz CT molecular complexity index is 1160. The second-order valence-electron chi connectivity index (χ2n) is 8.73. The number of hydrogen-bond acceptors (Lipinski definition) is 4. The van der Waals surface area contributed by atoms with Crippen LogP contribution < -0.4 is 4.74 Å². The van der Waals surface area contributed by atoms with E-state index in [4.69, 9.17) is 9.84 Å². The highest BCUT2D eigenvalue weighted by Gasteiger charge is 2.36. The SMILES string of the molecule is CC(C)c1cc(C(F)(F)F)cc(S(=O)(=O)N(C)C2CCCCc3c(OCC(=O)O)cccc32)c1. The molecule has 0 heterocycles. The first-order valence-electron chi connectivity index (χ1n) is 11.0. The fourth-order valence-corrected chi connectivity index (χ4v) is 5.66. The van der Waals surface area contributed by atoms with E-state index in [9.17, 15) is 26.4 Å². The molecule has 1 unspecified atom stereocenters. The van der Waals surface area contributed by atoms with E-state index < -0.39 is 45.3 Å². The third-order valence-corrected chi connectivity index (χ3v) is 7.92. The van der Waals surface area contributed by atoms with Gasteiger partial charge in [0.25, 0.3) is 0 Å². The summed E-state index contributed by atoms with van der Waals surface area (Å²) in [5.41, 5.74) is 0.673. The van der Waals surface area contributed by atoms with Crippen LogP contribution in [0.2, 0.25) is 0 Å². The molecule has 2 aromatic rings. The molecule has 0 radical (unpaired) electrons. The lowest BCUT2D eigenvalue weighted by atomic mass is 9.98. The first kappa shape index (κ1) is 26.0. The molecule has 6 nitrogen and oxygen atoms in total. The van der Waals surface area contributed by atoms with Crippen molar-refractivity contribution in [3.05, 3.63) is 58.7 Å². The van der Waals surface area contributed by atoms with Gasteiger partial charge in [-0.05, 0) is 66.1 Å². The standard InChI is InChI=1S/C24H28F3NO5S/c1-15(2)16-11-17(24(25,26)27)13-18(12-16)34(31,32)28(3)21-9-5-4-7-20-19(21)8-6-10-22(20)33-14-23(29)30/h6,8,10-13,15,21H,4-5,7,9,14H2,1-3H3,(H,29,30). The van der Waals surface area contributed by atoms with E-state index in [1.807, 2.05) is 0 Å². The highest BCUT2D eigenvalue weighted by Crippen LogP contribution is 2.40. The predicted octanol–water partition coefficient (Wildman–Crippen LogP) is 5.38. The summed E-state index contributed by atoms with van der Waals surface area (Å²) >= 11 is 0. The number of carboxylic acid groups (broad SMARTS) is 1. The Morgan fingerprint density at radius 2 is 1.91 bits per heavy atom. The Labute approximate surface area is 197 Å². The molecular formula is C24H28F3NO5S. The summed E-state index contributed by atoms with van der Waals surface area (Å²) in [5.74, 6) is -1.05. The summed E-state index contributed by atoms with van der Waals surface area (Å²) < 4.78 is 74.2. The lowest BCUT2D eigenvalue weighted by Gasteiger charge is -2.29. The van der Waals surface area contributed by atoms with Gasteiger partial charge in [-0.15, -0.1) is 0 Å². The Kier molecular flexibility index (Phi) is 7.62. The maximum absolute atomic E-state index is 13.6. The van der Waals surface area contributed by atoms with Crippen LogP contribution in [0.5, 0.6) is 5.75 Å². The lowest BCUT2D eigenvalue weighted by Crippen LogP contribution is -2.32. The molecule has 1 atom stereocenters. The topological polar surface area (TPSA) is 83.9 Å². The van der Waals surface area contributed by atoms with E-state index in [2.05, 4.69) is 0 Å². The molecule has 0 bridgehead atoms. The van der Waals surface area contributed by atoms with Crippen LogP contribution in [-0.4, -0.2) is 37.5 Å². The van der Waals surface area contributed by atoms with E-state index >= 15 is 0 Å². The van der Waals surface area contributed by atoms with Crippen LogP contribution in [0.1, 0.15) is 67.3 Å². The lowest BCUT2D eigenvalue weighted by molar-refractivity contribution is -0.139. The average Bonchev–Trinajstić information content (AvgIpc) is 2.99. The summed E-state index contributed by atoms with van der Waals surface area (Å²) in [7, 11) is -2.91. The van der Waals surface area contributed by atoms with Crippen LogP contribution >= 0.6 is 0 Å². The van der Waals surface area contributed by atoms with E-state index in [0.29, 0.717) is 36.6 Å². The highest BCUT2D eigenvalue weighted by molar-refractivity contribution is 7.89. The third-order valence-electron chi connectivity index (χ3n) is 6.07. The van der Waals surface area contributed by atoms with Gasteiger partial charge in [0, 0.05) is 7.05 Å². The van der Waals surface area contributed by atoms with Gasteiger partial charge >= 0.3 is 12.1 Å².